The van der Waals surface area contributed by atoms with Gasteiger partial charge in [0.15, 0.2) is 0 Å². The molecule has 0 fully saturated rings. The average molecular weight is 291 g/mol. The minimum atomic E-state index is -3.68. The third-order valence-corrected chi connectivity index (χ3v) is 4.72. The summed E-state index contributed by atoms with van der Waals surface area (Å²) < 4.78 is 27.2. The van der Waals surface area contributed by atoms with E-state index in [1.54, 1.807) is 6.07 Å². The first kappa shape index (κ1) is 15.1. The molecule has 18 heavy (non-hydrogen) atoms. The Balaban J connectivity index is 2.48. The van der Waals surface area contributed by atoms with Crippen LogP contribution in [0.1, 0.15) is 25.1 Å². The highest BCUT2D eigenvalue weighted by Gasteiger charge is 2.13. The molecule has 0 amide bonds. The fourth-order valence-corrected chi connectivity index (χ4v) is 2.97. The molecule has 0 bridgehead atoms. The van der Waals surface area contributed by atoms with Crippen molar-refractivity contribution in [3.63, 3.8) is 0 Å². The number of rotatable bonds is 6. The Morgan fingerprint density at radius 2 is 2.11 bits per heavy atom. The minimum Gasteiger partial charge on any atom is -0.465 e. The molecule has 1 heterocycles. The van der Waals surface area contributed by atoms with Gasteiger partial charge in [-0.3, -0.25) is 4.79 Å². The number of carbonyl (C=O) groups excluding carboxylic acids is 1. The molecule has 2 N–H and O–H groups in total. The SMILES string of the molecule is CC(C)CCOC(=O)Cc1ccc(S(N)(=O)=O)s1. The summed E-state index contributed by atoms with van der Waals surface area (Å²) >= 11 is 0.994. The van der Waals surface area contributed by atoms with Crippen molar-refractivity contribution < 1.29 is 17.9 Å². The number of hydrogen-bond donors (Lipinski definition) is 1. The first-order valence-corrected chi connectivity index (χ1v) is 7.92. The number of hydrogen-bond acceptors (Lipinski definition) is 5. The molecule has 0 atom stereocenters. The maximum absolute atomic E-state index is 11.5. The van der Waals surface area contributed by atoms with E-state index in [0.717, 1.165) is 17.8 Å². The van der Waals surface area contributed by atoms with Gasteiger partial charge in [-0.1, -0.05) is 13.8 Å². The van der Waals surface area contributed by atoms with Crippen molar-refractivity contribution in [1.29, 1.82) is 0 Å². The second-order valence-electron chi connectivity index (χ2n) is 4.35. The number of ether oxygens (including phenoxy) is 1. The molecular formula is C11H17NO4S2. The van der Waals surface area contributed by atoms with Crippen molar-refractivity contribution in [2.75, 3.05) is 6.61 Å². The summed E-state index contributed by atoms with van der Waals surface area (Å²) in [4.78, 5) is 12.1. The normalized spacial score (nSPS) is 11.8. The molecule has 1 aromatic heterocycles. The molecule has 7 heteroatoms. The second-order valence-corrected chi connectivity index (χ2v) is 7.30. The standard InChI is InChI=1S/C11H17NO4S2/c1-8(2)5-6-16-10(13)7-9-3-4-11(17-9)18(12,14)15/h3-4,8H,5-7H2,1-2H3,(H2,12,14,15). The van der Waals surface area contributed by atoms with E-state index >= 15 is 0 Å². The lowest BCUT2D eigenvalue weighted by molar-refractivity contribution is -0.143. The maximum Gasteiger partial charge on any atom is 0.311 e. The average Bonchev–Trinajstić information content (AvgIpc) is 2.64. The number of sulfonamides is 1. The molecule has 0 aromatic carbocycles. The Kier molecular flexibility index (Phi) is 5.30. The van der Waals surface area contributed by atoms with Crippen molar-refractivity contribution in [2.45, 2.75) is 30.9 Å². The van der Waals surface area contributed by atoms with Gasteiger partial charge in [-0.2, -0.15) is 0 Å². The van der Waals surface area contributed by atoms with Crippen LogP contribution in [0.25, 0.3) is 0 Å². The first-order valence-electron chi connectivity index (χ1n) is 5.56. The van der Waals surface area contributed by atoms with Gasteiger partial charge in [0.2, 0.25) is 10.0 Å². The number of primary sulfonamides is 1. The van der Waals surface area contributed by atoms with E-state index in [2.05, 4.69) is 0 Å². The van der Waals surface area contributed by atoms with Gasteiger partial charge in [0.25, 0.3) is 0 Å². The lowest BCUT2D eigenvalue weighted by atomic mass is 10.1. The van der Waals surface area contributed by atoms with Gasteiger partial charge in [-0.15, -0.1) is 11.3 Å². The fraction of sp³-hybridized carbons (Fsp3) is 0.545. The van der Waals surface area contributed by atoms with Crippen LogP contribution < -0.4 is 5.14 Å². The van der Waals surface area contributed by atoms with E-state index < -0.39 is 10.0 Å². The van der Waals surface area contributed by atoms with Crippen molar-refractivity contribution in [3.05, 3.63) is 17.0 Å². The third kappa shape index (κ3) is 5.16. The van der Waals surface area contributed by atoms with Crippen LogP contribution in [0.15, 0.2) is 16.3 Å². The van der Waals surface area contributed by atoms with Gasteiger partial charge >= 0.3 is 5.97 Å². The van der Waals surface area contributed by atoms with Crippen LogP contribution in [0.2, 0.25) is 0 Å². The molecule has 0 unspecified atom stereocenters. The minimum absolute atomic E-state index is 0.0625. The highest BCUT2D eigenvalue weighted by molar-refractivity contribution is 7.91. The predicted molar refractivity (Wildman–Crippen MR) is 69.8 cm³/mol. The molecule has 0 aliphatic carbocycles. The Hall–Kier alpha value is -0.920. The molecule has 1 rings (SSSR count). The van der Waals surface area contributed by atoms with E-state index in [-0.39, 0.29) is 16.6 Å². The summed E-state index contributed by atoms with van der Waals surface area (Å²) in [5.41, 5.74) is 0. The molecule has 102 valence electrons. The van der Waals surface area contributed by atoms with E-state index in [1.807, 2.05) is 13.8 Å². The number of esters is 1. The maximum atomic E-state index is 11.5. The highest BCUT2D eigenvalue weighted by Crippen LogP contribution is 2.20. The van der Waals surface area contributed by atoms with E-state index in [4.69, 9.17) is 9.88 Å². The molecule has 0 aliphatic rings. The smallest absolute Gasteiger partial charge is 0.311 e. The van der Waals surface area contributed by atoms with Crippen LogP contribution in [-0.2, 0) is 26.0 Å². The molecule has 0 saturated carbocycles. The fourth-order valence-electron chi connectivity index (χ4n) is 1.21. The summed E-state index contributed by atoms with van der Waals surface area (Å²) in [6.45, 7) is 4.49. The summed E-state index contributed by atoms with van der Waals surface area (Å²) in [7, 11) is -3.68. The lowest BCUT2D eigenvalue weighted by Crippen LogP contribution is -2.10. The van der Waals surface area contributed by atoms with Crippen LogP contribution in [0.5, 0.6) is 0 Å². The summed E-state index contributed by atoms with van der Waals surface area (Å²) in [6.07, 6.45) is 0.900. The molecule has 0 saturated heterocycles. The predicted octanol–water partition coefficient (Wildman–Crippen LogP) is 1.53. The van der Waals surface area contributed by atoms with Gasteiger partial charge in [0.1, 0.15) is 4.21 Å². The van der Waals surface area contributed by atoms with Gasteiger partial charge in [-0.05, 0) is 24.5 Å². The Labute approximate surface area is 111 Å². The van der Waals surface area contributed by atoms with E-state index in [9.17, 15) is 13.2 Å². The van der Waals surface area contributed by atoms with Crippen LogP contribution in [-0.4, -0.2) is 21.0 Å². The lowest BCUT2D eigenvalue weighted by Gasteiger charge is -2.05. The summed E-state index contributed by atoms with van der Waals surface area (Å²) in [5, 5.41) is 4.98. The Morgan fingerprint density at radius 3 is 2.61 bits per heavy atom. The largest absolute Gasteiger partial charge is 0.465 e. The van der Waals surface area contributed by atoms with Crippen molar-refractivity contribution >= 4 is 27.3 Å². The van der Waals surface area contributed by atoms with Crippen molar-refractivity contribution in [3.8, 4) is 0 Å². The zero-order valence-corrected chi connectivity index (χ0v) is 12.0. The second kappa shape index (κ2) is 6.31. The molecular weight excluding hydrogens is 274 g/mol. The van der Waals surface area contributed by atoms with Crippen LogP contribution in [0, 0.1) is 5.92 Å². The van der Waals surface area contributed by atoms with Gasteiger partial charge < -0.3 is 4.74 Å². The zero-order chi connectivity index (χ0) is 13.8. The van der Waals surface area contributed by atoms with E-state index in [1.165, 1.54) is 6.07 Å². The molecule has 0 spiro atoms. The van der Waals surface area contributed by atoms with Crippen molar-refractivity contribution in [2.24, 2.45) is 11.1 Å². The first-order chi connectivity index (χ1) is 8.29. The number of thiophene rings is 1. The molecule has 0 aliphatic heterocycles. The van der Waals surface area contributed by atoms with Gasteiger partial charge in [0.05, 0.1) is 13.0 Å². The van der Waals surface area contributed by atoms with Gasteiger partial charge in [0, 0.05) is 4.88 Å². The molecule has 1 aromatic rings. The quantitative estimate of drug-likeness (QED) is 0.805. The topological polar surface area (TPSA) is 86.5 Å². The van der Waals surface area contributed by atoms with E-state index in [0.29, 0.717) is 17.4 Å². The Morgan fingerprint density at radius 1 is 1.44 bits per heavy atom. The number of carbonyl (C=O) groups is 1. The zero-order valence-electron chi connectivity index (χ0n) is 10.4. The van der Waals surface area contributed by atoms with Gasteiger partial charge in [-0.25, -0.2) is 13.6 Å². The van der Waals surface area contributed by atoms with Crippen molar-refractivity contribution in [1.82, 2.24) is 0 Å². The summed E-state index contributed by atoms with van der Waals surface area (Å²) in [5.74, 6) is 0.131. The third-order valence-electron chi connectivity index (χ3n) is 2.19. The Bertz CT molecular complexity index is 505. The van der Waals surface area contributed by atoms with Crippen LogP contribution in [0.4, 0.5) is 0 Å². The monoisotopic (exact) mass is 291 g/mol. The molecule has 0 radical (unpaired) electrons. The van der Waals surface area contributed by atoms with Crippen LogP contribution >= 0.6 is 11.3 Å². The summed E-state index contributed by atoms with van der Waals surface area (Å²) in [6, 6.07) is 2.98. The molecule has 5 nitrogen and oxygen atoms in total. The highest BCUT2D eigenvalue weighted by atomic mass is 32.2. The van der Waals surface area contributed by atoms with Crippen LogP contribution in [0.3, 0.4) is 0 Å². The number of nitrogens with two attached hydrogens (primary N) is 1.